The number of carbonyl (C=O) groups is 3. The van der Waals surface area contributed by atoms with Crippen LogP contribution in [0.1, 0.15) is 41.6 Å². The number of ketones is 3. The Hall–Kier alpha value is -3.59. The lowest BCUT2D eigenvalue weighted by atomic mass is 9.96. The van der Waals surface area contributed by atoms with Gasteiger partial charge < -0.3 is 0 Å². The molecule has 0 saturated heterocycles. The van der Waals surface area contributed by atoms with E-state index in [1.165, 1.54) is 0 Å². The zero-order chi connectivity index (χ0) is 21.6. The molecule has 0 aliphatic heterocycles. The fraction of sp³-hybridized carbons (Fsp3) is 0.179. The molecule has 0 amide bonds. The Balaban J connectivity index is 1.30. The van der Waals surface area contributed by atoms with Crippen LogP contribution in [0.25, 0.3) is 21.5 Å². The summed E-state index contributed by atoms with van der Waals surface area (Å²) in [5, 5.41) is 4.10. The molecule has 0 aliphatic carbocycles. The Morgan fingerprint density at radius 3 is 1.97 bits per heavy atom. The van der Waals surface area contributed by atoms with Crippen LogP contribution >= 0.6 is 0 Å². The summed E-state index contributed by atoms with van der Waals surface area (Å²) >= 11 is 0. The molecule has 0 bridgehead atoms. The minimum absolute atomic E-state index is 0.0340. The van der Waals surface area contributed by atoms with Gasteiger partial charge in [-0.05, 0) is 33.5 Å². The Morgan fingerprint density at radius 1 is 0.581 bits per heavy atom. The van der Waals surface area contributed by atoms with Crippen LogP contribution in [0.3, 0.4) is 0 Å². The fourth-order valence-corrected chi connectivity index (χ4v) is 4.08. The quantitative estimate of drug-likeness (QED) is 0.248. The highest BCUT2D eigenvalue weighted by Crippen LogP contribution is 2.21. The topological polar surface area (TPSA) is 51.2 Å². The van der Waals surface area contributed by atoms with E-state index in [0.717, 1.165) is 27.1 Å². The minimum Gasteiger partial charge on any atom is -0.299 e. The van der Waals surface area contributed by atoms with Crippen molar-refractivity contribution in [2.45, 2.75) is 32.1 Å². The van der Waals surface area contributed by atoms with Gasteiger partial charge in [0.25, 0.3) is 0 Å². The normalized spacial score (nSPS) is 11.0. The van der Waals surface area contributed by atoms with Gasteiger partial charge in [-0.2, -0.15) is 0 Å². The van der Waals surface area contributed by atoms with Crippen molar-refractivity contribution in [1.82, 2.24) is 0 Å². The molecule has 4 aromatic rings. The molecule has 3 nitrogen and oxygen atoms in total. The molecule has 0 heterocycles. The average molecular weight is 408 g/mol. The van der Waals surface area contributed by atoms with Gasteiger partial charge in [-0.25, -0.2) is 0 Å². The van der Waals surface area contributed by atoms with Gasteiger partial charge in [0, 0.05) is 24.8 Å². The molecule has 3 heteroatoms. The zero-order valence-corrected chi connectivity index (χ0v) is 17.3. The molecule has 4 aromatic carbocycles. The monoisotopic (exact) mass is 408 g/mol. The van der Waals surface area contributed by atoms with Crippen LogP contribution in [0.4, 0.5) is 0 Å². The number of benzene rings is 4. The maximum Gasteiger partial charge on any atom is 0.163 e. The van der Waals surface area contributed by atoms with Crippen molar-refractivity contribution >= 4 is 38.9 Å². The number of fused-ring (bicyclic) bond motifs is 2. The van der Waals surface area contributed by atoms with Crippen LogP contribution in [-0.2, 0) is 16.0 Å². The van der Waals surface area contributed by atoms with Gasteiger partial charge in [-0.1, -0.05) is 84.9 Å². The summed E-state index contributed by atoms with van der Waals surface area (Å²) < 4.78 is 0. The SMILES string of the molecule is O=C(CCCC(=O)c1cccc2ccccc12)CC(=O)Cc1cccc2ccccc12. The highest BCUT2D eigenvalue weighted by molar-refractivity contribution is 6.08. The molecule has 0 N–H and O–H groups in total. The van der Waals surface area contributed by atoms with Gasteiger partial charge in [-0.3, -0.25) is 14.4 Å². The molecule has 0 spiro atoms. The van der Waals surface area contributed by atoms with Crippen molar-refractivity contribution in [2.75, 3.05) is 0 Å². The number of carbonyl (C=O) groups excluding carboxylic acids is 3. The number of hydrogen-bond donors (Lipinski definition) is 0. The van der Waals surface area contributed by atoms with Crippen LogP contribution in [0, 0.1) is 0 Å². The standard InChI is InChI=1S/C28H24O3/c29-23(19-24(30)18-22-12-5-10-20-8-1-3-14-25(20)22)13-7-17-28(31)27-16-6-11-21-9-2-4-15-26(21)27/h1-6,8-12,14-16H,7,13,17-19H2. The van der Waals surface area contributed by atoms with Crippen molar-refractivity contribution in [1.29, 1.82) is 0 Å². The summed E-state index contributed by atoms with van der Waals surface area (Å²) in [5.41, 5.74) is 1.64. The third kappa shape index (κ3) is 4.95. The molecule has 0 radical (unpaired) electrons. The van der Waals surface area contributed by atoms with Gasteiger partial charge in [0.1, 0.15) is 11.6 Å². The molecule has 0 aliphatic rings. The second kappa shape index (κ2) is 9.48. The lowest BCUT2D eigenvalue weighted by molar-refractivity contribution is -0.126. The van der Waals surface area contributed by atoms with E-state index < -0.39 is 0 Å². The van der Waals surface area contributed by atoms with E-state index in [4.69, 9.17) is 0 Å². The second-order valence-corrected chi connectivity index (χ2v) is 7.87. The summed E-state index contributed by atoms with van der Waals surface area (Å²) in [4.78, 5) is 37.4. The van der Waals surface area contributed by atoms with E-state index in [1.807, 2.05) is 84.9 Å². The summed E-state index contributed by atoms with van der Waals surface area (Å²) in [6.45, 7) is 0. The van der Waals surface area contributed by atoms with Crippen LogP contribution < -0.4 is 0 Å². The van der Waals surface area contributed by atoms with Gasteiger partial charge in [0.05, 0.1) is 6.42 Å². The molecule has 0 saturated carbocycles. The van der Waals surface area contributed by atoms with Crippen molar-refractivity contribution < 1.29 is 14.4 Å². The smallest absolute Gasteiger partial charge is 0.163 e. The predicted molar refractivity (Wildman–Crippen MR) is 124 cm³/mol. The van der Waals surface area contributed by atoms with Crippen molar-refractivity contribution in [3.8, 4) is 0 Å². The van der Waals surface area contributed by atoms with E-state index >= 15 is 0 Å². The molecule has 0 fully saturated rings. The first-order chi connectivity index (χ1) is 15.1. The summed E-state index contributed by atoms with van der Waals surface area (Å²) in [6.07, 6.45) is 1.19. The van der Waals surface area contributed by atoms with E-state index in [2.05, 4.69) is 0 Å². The van der Waals surface area contributed by atoms with Crippen LogP contribution in [-0.4, -0.2) is 17.3 Å². The lowest BCUT2D eigenvalue weighted by Gasteiger charge is -2.07. The molecule has 4 rings (SSSR count). The maximum absolute atomic E-state index is 12.6. The van der Waals surface area contributed by atoms with Crippen molar-refractivity contribution in [3.63, 3.8) is 0 Å². The van der Waals surface area contributed by atoms with Crippen LogP contribution in [0.2, 0.25) is 0 Å². The number of rotatable bonds is 9. The second-order valence-electron chi connectivity index (χ2n) is 7.87. The number of hydrogen-bond acceptors (Lipinski definition) is 3. The van der Waals surface area contributed by atoms with Gasteiger partial charge >= 0.3 is 0 Å². The largest absolute Gasteiger partial charge is 0.299 e. The van der Waals surface area contributed by atoms with Crippen molar-refractivity contribution in [2.24, 2.45) is 0 Å². The average Bonchev–Trinajstić information content (AvgIpc) is 2.78. The summed E-state index contributed by atoms with van der Waals surface area (Å²) in [5.74, 6) is -0.149. The maximum atomic E-state index is 12.6. The van der Waals surface area contributed by atoms with Crippen molar-refractivity contribution in [3.05, 3.63) is 96.1 Å². The lowest BCUT2D eigenvalue weighted by Crippen LogP contribution is -2.11. The van der Waals surface area contributed by atoms with Gasteiger partial charge in [0.15, 0.2) is 5.78 Å². The zero-order valence-electron chi connectivity index (χ0n) is 17.3. The third-order valence-corrected chi connectivity index (χ3v) is 5.61. The van der Waals surface area contributed by atoms with Gasteiger partial charge in [0.2, 0.25) is 0 Å². The van der Waals surface area contributed by atoms with Crippen LogP contribution in [0.5, 0.6) is 0 Å². The molecule has 0 unspecified atom stereocenters. The Kier molecular flexibility index (Phi) is 6.32. The Labute approximate surface area is 181 Å². The highest BCUT2D eigenvalue weighted by atomic mass is 16.1. The van der Waals surface area contributed by atoms with E-state index in [1.54, 1.807) is 0 Å². The molecular formula is C28H24O3. The van der Waals surface area contributed by atoms with Crippen LogP contribution in [0.15, 0.2) is 84.9 Å². The molecule has 0 aromatic heterocycles. The molecule has 0 atom stereocenters. The predicted octanol–water partition coefficient (Wildman–Crippen LogP) is 6.12. The summed E-state index contributed by atoms with van der Waals surface area (Å²) in [6, 6.07) is 27.3. The minimum atomic E-state index is -0.101. The Bertz CT molecular complexity index is 1260. The summed E-state index contributed by atoms with van der Waals surface area (Å²) in [7, 11) is 0. The number of Topliss-reactive ketones (excluding diaryl/α,β-unsaturated/α-hetero) is 3. The third-order valence-electron chi connectivity index (χ3n) is 5.61. The van der Waals surface area contributed by atoms with Gasteiger partial charge in [-0.15, -0.1) is 0 Å². The van der Waals surface area contributed by atoms with E-state index in [0.29, 0.717) is 18.4 Å². The van der Waals surface area contributed by atoms with E-state index in [-0.39, 0.29) is 36.6 Å². The molecular weight excluding hydrogens is 384 g/mol. The Morgan fingerprint density at radius 2 is 1.19 bits per heavy atom. The molecule has 154 valence electrons. The first-order valence-electron chi connectivity index (χ1n) is 10.6. The molecule has 31 heavy (non-hydrogen) atoms. The van der Waals surface area contributed by atoms with E-state index in [9.17, 15) is 14.4 Å². The fourth-order valence-electron chi connectivity index (χ4n) is 4.08. The highest BCUT2D eigenvalue weighted by Gasteiger charge is 2.14. The first kappa shape index (κ1) is 20.7. The first-order valence-corrected chi connectivity index (χ1v) is 10.6.